The van der Waals surface area contributed by atoms with Crippen molar-refractivity contribution >= 4 is 0 Å². The minimum atomic E-state index is -0.0174. The number of nitrogens with two attached hydrogens (primary N) is 1. The summed E-state index contributed by atoms with van der Waals surface area (Å²) in [5.41, 5.74) is 12.7. The lowest BCUT2D eigenvalue weighted by Gasteiger charge is -1.97. The van der Waals surface area contributed by atoms with Crippen molar-refractivity contribution in [3.63, 3.8) is 0 Å². The van der Waals surface area contributed by atoms with Crippen LogP contribution in [-0.2, 0) is 9.47 Å². The van der Waals surface area contributed by atoms with Crippen LogP contribution in [-0.4, -0.2) is 20.3 Å². The first-order valence-corrected chi connectivity index (χ1v) is 2.28. The number of rotatable bonds is 5. The Kier molecular flexibility index (Phi) is 6.54. The molecule has 0 atom stereocenters. The Morgan fingerprint density at radius 3 is 2.89 bits per heavy atom. The zero-order valence-corrected chi connectivity index (χ0v) is 4.86. The maximum absolute atomic E-state index is 7.74. The zero-order valence-electron chi connectivity index (χ0n) is 4.86. The van der Waals surface area contributed by atoms with E-state index in [-0.39, 0.29) is 20.3 Å². The van der Waals surface area contributed by atoms with E-state index >= 15 is 0 Å². The Labute approximate surface area is 52.2 Å². The Bertz CT molecular complexity index is 100.0. The van der Waals surface area contributed by atoms with Crippen molar-refractivity contribution in [1.29, 1.82) is 0 Å². The molecule has 0 saturated carbocycles. The molecule has 0 amide bonds. The van der Waals surface area contributed by atoms with Crippen LogP contribution in [0, 0.1) is 0 Å². The van der Waals surface area contributed by atoms with Crippen LogP contribution in [0.1, 0.15) is 0 Å². The molecule has 0 bridgehead atoms. The quantitative estimate of drug-likeness (QED) is 0.190. The molecule has 0 saturated heterocycles. The lowest BCUT2D eigenvalue weighted by molar-refractivity contribution is -0.0493. The van der Waals surface area contributed by atoms with Gasteiger partial charge in [0.25, 0.3) is 0 Å². The third kappa shape index (κ3) is 7.19. The van der Waals surface area contributed by atoms with Gasteiger partial charge >= 0.3 is 0 Å². The SMILES string of the molecule is [N-]=[N+]=NCOCOCN. The van der Waals surface area contributed by atoms with Crippen LogP contribution >= 0.6 is 0 Å². The van der Waals surface area contributed by atoms with Gasteiger partial charge in [-0.2, -0.15) is 0 Å². The average molecular weight is 132 g/mol. The number of hydrogen-bond donors (Lipinski definition) is 1. The first kappa shape index (κ1) is 8.19. The van der Waals surface area contributed by atoms with Crippen molar-refractivity contribution in [2.24, 2.45) is 10.8 Å². The molecule has 6 heteroatoms. The van der Waals surface area contributed by atoms with Crippen LogP contribution < -0.4 is 5.73 Å². The number of nitrogens with zero attached hydrogens (tertiary/aromatic N) is 3. The summed E-state index contributed by atoms with van der Waals surface area (Å²) in [4.78, 5) is 2.45. The van der Waals surface area contributed by atoms with Crippen molar-refractivity contribution in [3.8, 4) is 0 Å². The summed E-state index contributed by atoms with van der Waals surface area (Å²) in [5, 5.41) is 3.08. The van der Waals surface area contributed by atoms with Gasteiger partial charge in [-0.05, 0) is 5.53 Å². The van der Waals surface area contributed by atoms with Crippen LogP contribution in [0.15, 0.2) is 5.11 Å². The molecule has 0 aromatic heterocycles. The monoisotopic (exact) mass is 132 g/mol. The Balaban J connectivity index is 2.82. The molecule has 0 spiro atoms. The van der Waals surface area contributed by atoms with Gasteiger partial charge < -0.3 is 15.2 Å². The van der Waals surface area contributed by atoms with Crippen LogP contribution in [0.25, 0.3) is 10.4 Å². The summed E-state index contributed by atoms with van der Waals surface area (Å²) in [6.07, 6.45) is 0. The fourth-order valence-electron chi connectivity index (χ4n) is 0.211. The second-order valence-electron chi connectivity index (χ2n) is 1.05. The van der Waals surface area contributed by atoms with Gasteiger partial charge in [0.05, 0.1) is 6.73 Å². The summed E-state index contributed by atoms with van der Waals surface area (Å²) in [7, 11) is 0. The third-order valence-corrected chi connectivity index (χ3v) is 0.497. The van der Waals surface area contributed by atoms with Gasteiger partial charge in [-0.3, -0.25) is 0 Å². The molecule has 0 aliphatic rings. The lowest BCUT2D eigenvalue weighted by Crippen LogP contribution is -2.07. The van der Waals surface area contributed by atoms with Gasteiger partial charge in [-0.1, -0.05) is 5.11 Å². The molecule has 2 N–H and O–H groups in total. The van der Waals surface area contributed by atoms with Gasteiger partial charge in [-0.25, -0.2) is 0 Å². The van der Waals surface area contributed by atoms with Gasteiger partial charge in [0.2, 0.25) is 0 Å². The van der Waals surface area contributed by atoms with Gasteiger partial charge in [0.15, 0.2) is 0 Å². The van der Waals surface area contributed by atoms with E-state index in [1.54, 1.807) is 0 Å². The van der Waals surface area contributed by atoms with Crippen LogP contribution in [0.5, 0.6) is 0 Å². The smallest absolute Gasteiger partial charge is 0.148 e. The van der Waals surface area contributed by atoms with E-state index < -0.39 is 0 Å². The minimum Gasteiger partial charge on any atom is -0.349 e. The van der Waals surface area contributed by atoms with Gasteiger partial charge in [0, 0.05) is 4.91 Å². The molecule has 0 unspecified atom stereocenters. The molecular weight excluding hydrogens is 124 g/mol. The van der Waals surface area contributed by atoms with Crippen LogP contribution in [0.4, 0.5) is 0 Å². The summed E-state index contributed by atoms with van der Waals surface area (Å²) in [5.74, 6) is 0. The maximum Gasteiger partial charge on any atom is 0.148 e. The Morgan fingerprint density at radius 2 is 2.33 bits per heavy atom. The van der Waals surface area contributed by atoms with E-state index in [9.17, 15) is 0 Å². The first-order chi connectivity index (χ1) is 4.41. The van der Waals surface area contributed by atoms with Crippen LogP contribution in [0.2, 0.25) is 0 Å². The summed E-state index contributed by atoms with van der Waals surface area (Å²) < 4.78 is 9.14. The lowest BCUT2D eigenvalue weighted by atomic mass is 11.2. The molecule has 0 rings (SSSR count). The largest absolute Gasteiger partial charge is 0.349 e. The number of ether oxygens (including phenoxy) is 2. The van der Waals surface area contributed by atoms with Crippen molar-refractivity contribution in [2.45, 2.75) is 0 Å². The number of hydrogen-bond acceptors (Lipinski definition) is 4. The normalized spacial score (nSPS) is 8.56. The Morgan fingerprint density at radius 1 is 1.56 bits per heavy atom. The maximum atomic E-state index is 7.74. The van der Waals surface area contributed by atoms with Gasteiger partial charge in [0.1, 0.15) is 13.5 Å². The Hall–Kier alpha value is -0.810. The van der Waals surface area contributed by atoms with E-state index in [0.717, 1.165) is 0 Å². The topological polar surface area (TPSA) is 93.2 Å². The van der Waals surface area contributed by atoms with E-state index in [2.05, 4.69) is 19.5 Å². The highest BCUT2D eigenvalue weighted by molar-refractivity contribution is 4.34. The molecule has 0 radical (unpaired) electrons. The first-order valence-electron chi connectivity index (χ1n) is 2.28. The highest BCUT2D eigenvalue weighted by Gasteiger charge is 1.79. The molecule has 6 nitrogen and oxygen atoms in total. The summed E-state index contributed by atoms with van der Waals surface area (Å²) in [6, 6.07) is 0. The second kappa shape index (κ2) is 7.19. The highest BCUT2D eigenvalue weighted by Crippen LogP contribution is 1.76. The van der Waals surface area contributed by atoms with Crippen molar-refractivity contribution < 1.29 is 9.47 Å². The van der Waals surface area contributed by atoms with Crippen molar-refractivity contribution in [3.05, 3.63) is 10.4 Å². The third-order valence-electron chi connectivity index (χ3n) is 0.497. The van der Waals surface area contributed by atoms with Gasteiger partial charge in [-0.15, -0.1) is 0 Å². The number of azide groups is 1. The molecule has 0 aliphatic carbocycles. The molecular formula is C3H8N4O2. The van der Waals surface area contributed by atoms with Crippen LogP contribution in [0.3, 0.4) is 0 Å². The van der Waals surface area contributed by atoms with E-state index in [4.69, 9.17) is 11.3 Å². The molecule has 52 valence electrons. The van der Waals surface area contributed by atoms with E-state index in [1.165, 1.54) is 0 Å². The second-order valence-corrected chi connectivity index (χ2v) is 1.05. The van der Waals surface area contributed by atoms with E-state index in [1.807, 2.05) is 0 Å². The molecule has 0 heterocycles. The standard InChI is InChI=1S/C3H8N4O2/c4-1-8-3-9-2-6-7-5/h1-4H2. The summed E-state index contributed by atoms with van der Waals surface area (Å²) >= 11 is 0. The minimum absolute atomic E-state index is 0.0174. The predicted octanol–water partition coefficient (Wildman–Crippen LogP) is 0.161. The fourth-order valence-corrected chi connectivity index (χ4v) is 0.211. The fraction of sp³-hybridized carbons (Fsp3) is 1.00. The molecule has 9 heavy (non-hydrogen) atoms. The molecule has 0 aliphatic heterocycles. The highest BCUT2D eigenvalue weighted by atomic mass is 16.7. The predicted molar refractivity (Wildman–Crippen MR) is 30.1 cm³/mol. The zero-order chi connectivity index (χ0) is 6.95. The van der Waals surface area contributed by atoms with E-state index in [0.29, 0.717) is 0 Å². The van der Waals surface area contributed by atoms with Crippen molar-refractivity contribution in [1.82, 2.24) is 0 Å². The average Bonchev–Trinajstić information content (AvgIpc) is 1.89. The van der Waals surface area contributed by atoms with Crippen molar-refractivity contribution in [2.75, 3.05) is 20.3 Å². The molecule has 0 aromatic rings. The summed E-state index contributed by atoms with van der Waals surface area (Å²) in [6.45, 7) is 0.155. The molecule has 0 aromatic carbocycles. The molecule has 0 fully saturated rings.